The minimum atomic E-state index is -3.55. The Labute approximate surface area is 171 Å². The number of rotatable bonds is 7. The van der Waals surface area contributed by atoms with Crippen molar-refractivity contribution < 1.29 is 22.7 Å². The highest BCUT2D eigenvalue weighted by Gasteiger charge is 2.30. The van der Waals surface area contributed by atoms with Crippen molar-refractivity contribution in [3.8, 4) is 11.5 Å². The second-order valence-corrected chi connectivity index (χ2v) is 8.72. The first-order chi connectivity index (χ1) is 13.9. The molecule has 0 aromatic heterocycles. The highest BCUT2D eigenvalue weighted by atomic mass is 32.2. The number of amides is 1. The summed E-state index contributed by atoms with van der Waals surface area (Å²) in [6, 6.07) is 13.3. The zero-order valence-corrected chi connectivity index (χ0v) is 17.4. The highest BCUT2D eigenvalue weighted by molar-refractivity contribution is 7.89. The molecule has 8 heteroatoms. The van der Waals surface area contributed by atoms with Crippen LogP contribution in [0.3, 0.4) is 0 Å². The van der Waals surface area contributed by atoms with Crippen molar-refractivity contribution in [1.29, 1.82) is 0 Å². The lowest BCUT2D eigenvalue weighted by Crippen LogP contribution is -2.46. The molecule has 2 aromatic rings. The molecular formula is C21H26N2O5S. The molecule has 0 saturated carbocycles. The lowest BCUT2D eigenvalue weighted by atomic mass is 10.1. The fourth-order valence-electron chi connectivity index (χ4n) is 3.28. The predicted octanol–water partition coefficient (Wildman–Crippen LogP) is 2.68. The highest BCUT2D eigenvalue weighted by Crippen LogP contribution is 2.23. The molecule has 1 amide bonds. The average Bonchev–Trinajstić information content (AvgIpc) is 2.75. The maximum absolute atomic E-state index is 12.8. The van der Waals surface area contributed by atoms with E-state index in [0.29, 0.717) is 43.9 Å². The molecule has 1 fully saturated rings. The third kappa shape index (κ3) is 5.07. The van der Waals surface area contributed by atoms with Gasteiger partial charge in [0.15, 0.2) is 0 Å². The van der Waals surface area contributed by atoms with Crippen molar-refractivity contribution in [3.63, 3.8) is 0 Å². The van der Waals surface area contributed by atoms with Gasteiger partial charge in [-0.3, -0.25) is 4.79 Å². The van der Waals surface area contributed by atoms with Gasteiger partial charge < -0.3 is 14.8 Å². The quantitative estimate of drug-likeness (QED) is 0.747. The monoisotopic (exact) mass is 418 g/mol. The van der Waals surface area contributed by atoms with E-state index in [9.17, 15) is 13.2 Å². The predicted molar refractivity (Wildman–Crippen MR) is 110 cm³/mol. The maximum Gasteiger partial charge on any atom is 0.251 e. The van der Waals surface area contributed by atoms with Gasteiger partial charge in [0.05, 0.1) is 18.6 Å². The van der Waals surface area contributed by atoms with Crippen molar-refractivity contribution in [2.75, 3.05) is 26.8 Å². The van der Waals surface area contributed by atoms with Gasteiger partial charge in [-0.25, -0.2) is 8.42 Å². The van der Waals surface area contributed by atoms with Gasteiger partial charge in [-0.15, -0.1) is 0 Å². The van der Waals surface area contributed by atoms with Crippen LogP contribution in [0.4, 0.5) is 0 Å². The summed E-state index contributed by atoms with van der Waals surface area (Å²) in [5, 5.41) is 3.00. The Kier molecular flexibility index (Phi) is 6.76. The van der Waals surface area contributed by atoms with E-state index in [2.05, 4.69) is 5.32 Å². The summed E-state index contributed by atoms with van der Waals surface area (Å²) < 4.78 is 37.5. The van der Waals surface area contributed by atoms with Crippen LogP contribution in [0.15, 0.2) is 53.4 Å². The normalized spacial score (nSPS) is 15.7. The molecule has 0 spiro atoms. The van der Waals surface area contributed by atoms with Gasteiger partial charge >= 0.3 is 0 Å². The van der Waals surface area contributed by atoms with Gasteiger partial charge in [-0.05, 0) is 68.3 Å². The van der Waals surface area contributed by atoms with Gasteiger partial charge in [0.2, 0.25) is 10.0 Å². The van der Waals surface area contributed by atoms with Crippen LogP contribution in [0.2, 0.25) is 0 Å². The zero-order valence-electron chi connectivity index (χ0n) is 16.6. The van der Waals surface area contributed by atoms with E-state index in [1.807, 2.05) is 6.92 Å². The molecule has 1 heterocycles. The Hall–Kier alpha value is -2.58. The summed E-state index contributed by atoms with van der Waals surface area (Å²) in [7, 11) is -2.01. The summed E-state index contributed by atoms with van der Waals surface area (Å²) in [5.74, 6) is 1.17. The van der Waals surface area contributed by atoms with Crippen LogP contribution in [0, 0.1) is 0 Å². The third-order valence-electron chi connectivity index (χ3n) is 4.91. The molecule has 3 rings (SSSR count). The molecule has 0 radical (unpaired) electrons. The Morgan fingerprint density at radius 2 is 1.62 bits per heavy atom. The number of methoxy groups -OCH3 is 1. The molecule has 2 aromatic carbocycles. The summed E-state index contributed by atoms with van der Waals surface area (Å²) in [4.78, 5) is 12.7. The van der Waals surface area contributed by atoms with E-state index >= 15 is 0 Å². The van der Waals surface area contributed by atoms with E-state index in [-0.39, 0.29) is 16.8 Å². The van der Waals surface area contributed by atoms with Gasteiger partial charge in [0, 0.05) is 24.7 Å². The third-order valence-corrected chi connectivity index (χ3v) is 6.83. The number of piperidine rings is 1. The van der Waals surface area contributed by atoms with Gasteiger partial charge in [-0.1, -0.05) is 0 Å². The van der Waals surface area contributed by atoms with Crippen LogP contribution in [-0.4, -0.2) is 51.5 Å². The minimum absolute atomic E-state index is 0.0589. The second kappa shape index (κ2) is 9.28. The minimum Gasteiger partial charge on any atom is -0.497 e. The number of ether oxygens (including phenoxy) is 2. The van der Waals surface area contributed by atoms with Crippen LogP contribution < -0.4 is 14.8 Å². The largest absolute Gasteiger partial charge is 0.497 e. The lowest BCUT2D eigenvalue weighted by Gasteiger charge is -2.31. The molecule has 29 heavy (non-hydrogen) atoms. The SMILES string of the molecule is CCOc1ccc(C(=O)NC2CCN(S(=O)(=O)c3ccc(OC)cc3)CC2)cc1. The van der Waals surface area contributed by atoms with Crippen LogP contribution in [0.5, 0.6) is 11.5 Å². The van der Waals surface area contributed by atoms with E-state index in [1.165, 1.54) is 11.4 Å². The molecule has 1 aliphatic rings. The van der Waals surface area contributed by atoms with Crippen molar-refractivity contribution in [2.24, 2.45) is 0 Å². The topological polar surface area (TPSA) is 84.9 Å². The smallest absolute Gasteiger partial charge is 0.251 e. The first-order valence-electron chi connectivity index (χ1n) is 9.62. The van der Waals surface area contributed by atoms with Gasteiger partial charge in [0.1, 0.15) is 11.5 Å². The summed E-state index contributed by atoms with van der Waals surface area (Å²) in [5.41, 5.74) is 0.557. The first kappa shape index (κ1) is 21.1. The Morgan fingerprint density at radius 3 is 2.17 bits per heavy atom. The molecule has 1 N–H and O–H groups in total. The molecule has 156 valence electrons. The molecule has 0 atom stereocenters. The number of carbonyl (C=O) groups is 1. The van der Waals surface area contributed by atoms with E-state index in [4.69, 9.17) is 9.47 Å². The fourth-order valence-corrected chi connectivity index (χ4v) is 4.74. The molecule has 0 unspecified atom stereocenters. The Morgan fingerprint density at radius 1 is 1.03 bits per heavy atom. The number of hydrogen-bond acceptors (Lipinski definition) is 5. The summed E-state index contributed by atoms with van der Waals surface area (Å²) in [6.07, 6.45) is 1.14. The van der Waals surface area contributed by atoms with Crippen LogP contribution in [0.25, 0.3) is 0 Å². The van der Waals surface area contributed by atoms with Crippen LogP contribution >= 0.6 is 0 Å². The van der Waals surface area contributed by atoms with Crippen molar-refractivity contribution in [3.05, 3.63) is 54.1 Å². The maximum atomic E-state index is 12.8. The molecule has 1 aliphatic heterocycles. The van der Waals surface area contributed by atoms with Crippen LogP contribution in [0.1, 0.15) is 30.1 Å². The Bertz CT molecular complexity index is 919. The number of benzene rings is 2. The first-order valence-corrected chi connectivity index (χ1v) is 11.1. The van der Waals surface area contributed by atoms with Crippen molar-refractivity contribution >= 4 is 15.9 Å². The fraction of sp³-hybridized carbons (Fsp3) is 0.381. The number of nitrogens with one attached hydrogen (secondary N) is 1. The van der Waals surface area contributed by atoms with Crippen molar-refractivity contribution in [2.45, 2.75) is 30.7 Å². The molecule has 7 nitrogen and oxygen atoms in total. The standard InChI is InChI=1S/C21H26N2O5S/c1-3-28-19-6-4-16(5-7-19)21(24)22-17-12-14-23(15-13-17)29(25,26)20-10-8-18(27-2)9-11-20/h4-11,17H,3,12-15H2,1-2H3,(H,22,24). The lowest BCUT2D eigenvalue weighted by molar-refractivity contribution is 0.0924. The molecule has 0 bridgehead atoms. The zero-order chi connectivity index (χ0) is 20.9. The van der Waals surface area contributed by atoms with Crippen LogP contribution in [-0.2, 0) is 10.0 Å². The average molecular weight is 419 g/mol. The Balaban J connectivity index is 1.56. The number of carbonyl (C=O) groups excluding carboxylic acids is 1. The molecule has 0 aliphatic carbocycles. The van der Waals surface area contributed by atoms with Gasteiger partial charge in [-0.2, -0.15) is 4.31 Å². The van der Waals surface area contributed by atoms with E-state index < -0.39 is 10.0 Å². The number of nitrogens with zero attached hydrogens (tertiary/aromatic N) is 1. The van der Waals surface area contributed by atoms with Gasteiger partial charge in [0.25, 0.3) is 5.91 Å². The number of hydrogen-bond donors (Lipinski definition) is 1. The summed E-state index contributed by atoms with van der Waals surface area (Å²) in [6.45, 7) is 3.20. The van der Waals surface area contributed by atoms with E-state index in [1.54, 1.807) is 48.5 Å². The molecule has 1 saturated heterocycles. The van der Waals surface area contributed by atoms with Crippen molar-refractivity contribution in [1.82, 2.24) is 9.62 Å². The molecular weight excluding hydrogens is 392 g/mol. The number of sulfonamides is 1. The second-order valence-electron chi connectivity index (χ2n) is 6.78. The van der Waals surface area contributed by atoms with E-state index in [0.717, 1.165) is 5.75 Å². The summed E-state index contributed by atoms with van der Waals surface area (Å²) >= 11 is 0.